The van der Waals surface area contributed by atoms with Gasteiger partial charge in [-0.1, -0.05) is 47.5 Å². The molecule has 2 aromatic carbocycles. The summed E-state index contributed by atoms with van der Waals surface area (Å²) in [5, 5.41) is 1.20. The Kier molecular flexibility index (Phi) is 5.59. The van der Waals surface area contributed by atoms with Crippen LogP contribution in [0.3, 0.4) is 0 Å². The minimum absolute atomic E-state index is 0.239. The molecule has 1 saturated heterocycles. The van der Waals surface area contributed by atoms with Crippen LogP contribution >= 0.6 is 23.2 Å². The Hall–Kier alpha value is -2.58. The average molecular weight is 463 g/mol. The molecular weight excluding hydrogens is 439 g/mol. The van der Waals surface area contributed by atoms with Crippen LogP contribution in [-0.2, 0) is 5.54 Å². The summed E-state index contributed by atoms with van der Waals surface area (Å²) in [5.41, 5.74) is 12.2. The molecule has 0 unspecified atom stereocenters. The highest BCUT2D eigenvalue weighted by molar-refractivity contribution is 6.35. The van der Waals surface area contributed by atoms with E-state index in [-0.39, 0.29) is 11.6 Å². The van der Waals surface area contributed by atoms with Crippen LogP contribution in [0.15, 0.2) is 54.9 Å². The minimum atomic E-state index is -0.304. The number of pyridine rings is 1. The molecule has 0 spiro atoms. The van der Waals surface area contributed by atoms with Crippen LogP contribution in [0.25, 0.3) is 27.1 Å². The number of nitrogens with two attached hydrogens (primary N) is 1. The van der Waals surface area contributed by atoms with E-state index < -0.39 is 0 Å². The molecule has 2 fully saturated rings. The molecule has 2 aliphatic rings. The second-order valence-electron chi connectivity index (χ2n) is 8.79. The third kappa shape index (κ3) is 3.97. The highest BCUT2D eigenvalue weighted by Crippen LogP contribution is 2.50. The van der Waals surface area contributed by atoms with Crippen molar-refractivity contribution in [3.05, 3.63) is 81.9 Å². The lowest BCUT2D eigenvalue weighted by Crippen LogP contribution is -2.40. The predicted molar refractivity (Wildman–Crippen MR) is 132 cm³/mol. The van der Waals surface area contributed by atoms with Crippen LogP contribution in [-0.4, -0.2) is 24.1 Å². The van der Waals surface area contributed by atoms with Crippen molar-refractivity contribution in [1.82, 2.24) is 4.98 Å². The van der Waals surface area contributed by atoms with Gasteiger partial charge in [0.1, 0.15) is 0 Å². The van der Waals surface area contributed by atoms with Gasteiger partial charge in [0, 0.05) is 71.1 Å². The van der Waals surface area contributed by atoms with Gasteiger partial charge in [0.25, 0.3) is 5.54 Å². The number of piperidine rings is 1. The van der Waals surface area contributed by atoms with Crippen molar-refractivity contribution < 1.29 is 0 Å². The second kappa shape index (κ2) is 8.41. The van der Waals surface area contributed by atoms with Crippen molar-refractivity contribution in [1.29, 1.82) is 0 Å². The molecule has 0 atom stereocenters. The van der Waals surface area contributed by atoms with Crippen molar-refractivity contribution in [2.75, 3.05) is 18.0 Å². The zero-order chi connectivity index (χ0) is 22.3. The molecule has 0 amide bonds. The zero-order valence-corrected chi connectivity index (χ0v) is 19.2. The number of rotatable bonds is 4. The molecule has 162 valence electrons. The number of anilines is 1. The van der Waals surface area contributed by atoms with Gasteiger partial charge < -0.3 is 15.5 Å². The van der Waals surface area contributed by atoms with Crippen molar-refractivity contribution in [3.63, 3.8) is 0 Å². The van der Waals surface area contributed by atoms with Crippen molar-refractivity contribution in [3.8, 4) is 22.3 Å². The van der Waals surface area contributed by atoms with E-state index in [0.717, 1.165) is 72.3 Å². The number of halogens is 2. The normalized spacial score (nSPS) is 17.8. The quantitative estimate of drug-likeness (QED) is 0.446. The molecule has 0 radical (unpaired) electrons. The van der Waals surface area contributed by atoms with Gasteiger partial charge in [0.2, 0.25) is 0 Å². The Morgan fingerprint density at radius 2 is 1.53 bits per heavy atom. The highest BCUT2D eigenvalue weighted by Gasteiger charge is 2.52. The largest absolute Gasteiger partial charge is 0.370 e. The first-order valence-corrected chi connectivity index (χ1v) is 11.7. The van der Waals surface area contributed by atoms with Crippen LogP contribution in [0.1, 0.15) is 31.2 Å². The molecule has 1 saturated carbocycles. The van der Waals surface area contributed by atoms with Gasteiger partial charge in [0.05, 0.1) is 5.69 Å². The molecule has 2 heterocycles. The van der Waals surface area contributed by atoms with Gasteiger partial charge in [-0.3, -0.25) is 4.98 Å². The van der Waals surface area contributed by atoms with Gasteiger partial charge in [-0.25, -0.2) is 6.57 Å². The summed E-state index contributed by atoms with van der Waals surface area (Å²) in [6.07, 6.45) is 7.61. The van der Waals surface area contributed by atoms with E-state index in [9.17, 15) is 0 Å². The fourth-order valence-corrected chi connectivity index (χ4v) is 5.12. The van der Waals surface area contributed by atoms with Gasteiger partial charge in [-0.15, -0.1) is 0 Å². The summed E-state index contributed by atoms with van der Waals surface area (Å²) in [6.45, 7) is 9.32. The van der Waals surface area contributed by atoms with E-state index in [1.165, 1.54) is 0 Å². The molecule has 0 bridgehead atoms. The molecular formula is C26H24Cl2N4. The van der Waals surface area contributed by atoms with Crippen molar-refractivity contribution in [2.45, 2.75) is 37.3 Å². The number of hydrogen-bond donors (Lipinski definition) is 1. The lowest BCUT2D eigenvalue weighted by molar-refractivity contribution is 0.501. The first-order valence-electron chi connectivity index (χ1n) is 10.9. The van der Waals surface area contributed by atoms with Crippen molar-refractivity contribution >= 4 is 28.9 Å². The average Bonchev–Trinajstić information content (AvgIpc) is 3.60. The van der Waals surface area contributed by atoms with E-state index >= 15 is 0 Å². The fraction of sp³-hybridized carbons (Fsp3) is 0.308. The first-order chi connectivity index (χ1) is 15.5. The van der Waals surface area contributed by atoms with Crippen LogP contribution in [0, 0.1) is 6.57 Å². The standard InChI is InChI=1S/C26H24Cl2N4/c1-30-26(8-9-26)19-4-2-17(3-5-19)23-15-31-16-24(18-12-20(27)14-21(28)13-18)25(23)32-10-6-22(29)7-11-32/h2-5,12-16,22H,6-11,29H2. The van der Waals surface area contributed by atoms with Crippen molar-refractivity contribution in [2.24, 2.45) is 5.73 Å². The highest BCUT2D eigenvalue weighted by atomic mass is 35.5. The summed E-state index contributed by atoms with van der Waals surface area (Å²) in [4.78, 5) is 10.8. The topological polar surface area (TPSA) is 46.5 Å². The van der Waals surface area contributed by atoms with E-state index in [1.54, 1.807) is 6.07 Å². The van der Waals surface area contributed by atoms with Gasteiger partial charge >= 0.3 is 0 Å². The lowest BCUT2D eigenvalue weighted by atomic mass is 9.94. The molecule has 4 nitrogen and oxygen atoms in total. The van der Waals surface area contributed by atoms with Crippen LogP contribution in [0.5, 0.6) is 0 Å². The summed E-state index contributed by atoms with van der Waals surface area (Å²) in [7, 11) is 0. The Labute approximate surface area is 198 Å². The van der Waals surface area contributed by atoms with E-state index in [4.69, 9.17) is 35.5 Å². The monoisotopic (exact) mass is 462 g/mol. The fourth-order valence-electron chi connectivity index (χ4n) is 4.59. The third-order valence-electron chi connectivity index (χ3n) is 6.62. The predicted octanol–water partition coefficient (Wildman–Crippen LogP) is 6.56. The van der Waals surface area contributed by atoms with Crippen LogP contribution in [0.2, 0.25) is 10.0 Å². The number of nitrogens with zero attached hydrogens (tertiary/aromatic N) is 3. The SMILES string of the molecule is [C-]#[N+]C1(c2ccc(-c3cncc(-c4cc(Cl)cc(Cl)c4)c3N3CCC(N)CC3)cc2)CC1. The molecule has 32 heavy (non-hydrogen) atoms. The van der Waals surface area contributed by atoms with Gasteiger partial charge in [0.15, 0.2) is 0 Å². The van der Waals surface area contributed by atoms with E-state index in [1.807, 2.05) is 24.5 Å². The van der Waals surface area contributed by atoms with E-state index in [0.29, 0.717) is 10.0 Å². The Balaban J connectivity index is 1.63. The molecule has 1 aliphatic carbocycles. The molecule has 1 aliphatic heterocycles. The van der Waals surface area contributed by atoms with Crippen LogP contribution in [0.4, 0.5) is 5.69 Å². The maximum absolute atomic E-state index is 7.54. The number of hydrogen-bond acceptors (Lipinski definition) is 3. The number of aromatic nitrogens is 1. The maximum Gasteiger partial charge on any atom is 0.258 e. The lowest BCUT2D eigenvalue weighted by Gasteiger charge is -2.35. The summed E-state index contributed by atoms with van der Waals surface area (Å²) >= 11 is 12.7. The second-order valence-corrected chi connectivity index (χ2v) is 9.66. The van der Waals surface area contributed by atoms with Gasteiger partial charge in [-0.2, -0.15) is 0 Å². The molecule has 5 rings (SSSR count). The molecule has 6 heteroatoms. The Morgan fingerprint density at radius 1 is 0.938 bits per heavy atom. The third-order valence-corrected chi connectivity index (χ3v) is 7.05. The van der Waals surface area contributed by atoms with E-state index in [2.05, 4.69) is 39.0 Å². The smallest absolute Gasteiger partial charge is 0.258 e. The number of benzene rings is 2. The summed E-state index contributed by atoms with van der Waals surface area (Å²) < 4.78 is 0. The maximum atomic E-state index is 7.54. The molecule has 3 aromatic rings. The van der Waals surface area contributed by atoms with Gasteiger partial charge in [-0.05, 0) is 42.2 Å². The van der Waals surface area contributed by atoms with Crippen LogP contribution < -0.4 is 10.6 Å². The Bertz CT molecular complexity index is 1170. The minimum Gasteiger partial charge on any atom is -0.370 e. The first kappa shape index (κ1) is 21.3. The molecule has 1 aromatic heterocycles. The zero-order valence-electron chi connectivity index (χ0n) is 17.7. The summed E-state index contributed by atoms with van der Waals surface area (Å²) in [5.74, 6) is 0. The summed E-state index contributed by atoms with van der Waals surface area (Å²) in [6, 6.07) is 14.3. The Morgan fingerprint density at radius 3 is 2.09 bits per heavy atom. The molecule has 2 N–H and O–H groups in total.